The monoisotopic (exact) mass is 374 g/mol. The van der Waals surface area contributed by atoms with E-state index in [4.69, 9.17) is 16.3 Å². The lowest BCUT2D eigenvalue weighted by molar-refractivity contribution is -0.120. The minimum absolute atomic E-state index is 0.143. The Morgan fingerprint density at radius 1 is 1.12 bits per heavy atom. The highest BCUT2D eigenvalue weighted by atomic mass is 35.5. The van der Waals surface area contributed by atoms with E-state index in [1.807, 2.05) is 39.0 Å². The predicted octanol–water partition coefficient (Wildman–Crippen LogP) is 4.27. The number of nitrogens with one attached hydrogen (secondary N) is 1. The van der Waals surface area contributed by atoms with Crippen LogP contribution < -0.4 is 15.0 Å². The third kappa shape index (κ3) is 4.55. The second-order valence-electron chi connectivity index (χ2n) is 6.27. The van der Waals surface area contributed by atoms with Crippen LogP contribution in [0.15, 0.2) is 30.3 Å². The van der Waals surface area contributed by atoms with Crippen LogP contribution in [-0.2, 0) is 9.59 Å². The molecule has 6 heteroatoms. The third-order valence-electron chi connectivity index (χ3n) is 3.98. The molecular formula is C20H23ClN2O3. The second-order valence-corrected chi connectivity index (χ2v) is 6.68. The molecule has 0 aliphatic carbocycles. The minimum atomic E-state index is -0.333. The van der Waals surface area contributed by atoms with Crippen LogP contribution >= 0.6 is 11.6 Å². The van der Waals surface area contributed by atoms with E-state index in [1.54, 1.807) is 12.1 Å². The number of rotatable bonds is 5. The number of methoxy groups -OCH3 is 1. The van der Waals surface area contributed by atoms with E-state index < -0.39 is 0 Å². The summed E-state index contributed by atoms with van der Waals surface area (Å²) in [5.41, 5.74) is 3.94. The Bertz CT molecular complexity index is 826. The van der Waals surface area contributed by atoms with E-state index in [-0.39, 0.29) is 18.4 Å². The van der Waals surface area contributed by atoms with Gasteiger partial charge in [0.1, 0.15) is 12.3 Å². The summed E-state index contributed by atoms with van der Waals surface area (Å²) >= 11 is 6.34. The minimum Gasteiger partial charge on any atom is -0.495 e. The topological polar surface area (TPSA) is 58.6 Å². The number of anilines is 2. The number of amides is 2. The van der Waals surface area contributed by atoms with Crippen molar-refractivity contribution in [2.24, 2.45) is 0 Å². The largest absolute Gasteiger partial charge is 0.495 e. The molecule has 138 valence electrons. The lowest BCUT2D eigenvalue weighted by Gasteiger charge is -2.24. The zero-order valence-corrected chi connectivity index (χ0v) is 16.4. The molecule has 0 atom stereocenters. The first-order chi connectivity index (χ1) is 12.2. The third-order valence-corrected chi connectivity index (χ3v) is 4.27. The first-order valence-corrected chi connectivity index (χ1v) is 8.60. The smallest absolute Gasteiger partial charge is 0.244 e. The van der Waals surface area contributed by atoms with Crippen molar-refractivity contribution in [3.8, 4) is 5.75 Å². The summed E-state index contributed by atoms with van der Waals surface area (Å²) in [7, 11) is 1.54. The van der Waals surface area contributed by atoms with Crippen LogP contribution in [0, 0.1) is 20.8 Å². The van der Waals surface area contributed by atoms with Gasteiger partial charge in [0, 0.05) is 6.92 Å². The molecule has 0 unspecified atom stereocenters. The second kappa shape index (κ2) is 8.23. The lowest BCUT2D eigenvalue weighted by atomic mass is 10.1. The molecule has 2 amide bonds. The van der Waals surface area contributed by atoms with Gasteiger partial charge in [0.25, 0.3) is 0 Å². The van der Waals surface area contributed by atoms with Crippen molar-refractivity contribution in [3.63, 3.8) is 0 Å². The summed E-state index contributed by atoms with van der Waals surface area (Å²) < 4.78 is 5.27. The molecule has 26 heavy (non-hydrogen) atoms. The summed E-state index contributed by atoms with van der Waals surface area (Å²) in [5.74, 6) is -0.0341. The van der Waals surface area contributed by atoms with Gasteiger partial charge in [-0.05, 0) is 55.7 Å². The number of aryl methyl sites for hydroxylation is 3. The molecule has 0 spiro atoms. The van der Waals surface area contributed by atoms with Gasteiger partial charge in [-0.3, -0.25) is 9.59 Å². The quantitative estimate of drug-likeness (QED) is 0.850. The van der Waals surface area contributed by atoms with Crippen molar-refractivity contribution in [1.29, 1.82) is 0 Å². The van der Waals surface area contributed by atoms with Crippen molar-refractivity contribution >= 4 is 34.8 Å². The molecule has 0 radical (unpaired) electrons. The molecule has 0 aliphatic heterocycles. The Hall–Kier alpha value is -2.53. The number of ether oxygens (including phenoxy) is 1. The van der Waals surface area contributed by atoms with Crippen molar-refractivity contribution < 1.29 is 14.3 Å². The maximum absolute atomic E-state index is 12.6. The number of nitrogens with zero attached hydrogens (tertiary/aromatic N) is 1. The molecule has 0 bridgehead atoms. The molecule has 0 saturated heterocycles. The molecule has 0 fully saturated rings. The average Bonchev–Trinajstić information content (AvgIpc) is 2.53. The fraction of sp³-hybridized carbons (Fsp3) is 0.300. The fourth-order valence-electron chi connectivity index (χ4n) is 2.85. The summed E-state index contributed by atoms with van der Waals surface area (Å²) in [6.45, 7) is 6.99. The number of carbonyl (C=O) groups is 2. The summed E-state index contributed by atoms with van der Waals surface area (Å²) in [6, 6.07) is 9.21. The maximum atomic E-state index is 12.6. The predicted molar refractivity (Wildman–Crippen MR) is 105 cm³/mol. The summed E-state index contributed by atoms with van der Waals surface area (Å²) in [6.07, 6.45) is 0. The van der Waals surface area contributed by atoms with Crippen LogP contribution in [0.5, 0.6) is 5.75 Å². The molecule has 5 nitrogen and oxygen atoms in total. The first kappa shape index (κ1) is 19.8. The molecular weight excluding hydrogens is 352 g/mol. The Labute approximate surface area is 158 Å². The van der Waals surface area contributed by atoms with Crippen LogP contribution in [0.4, 0.5) is 11.4 Å². The van der Waals surface area contributed by atoms with E-state index in [9.17, 15) is 9.59 Å². The molecule has 0 aliphatic rings. The van der Waals surface area contributed by atoms with Crippen LogP contribution in [0.2, 0.25) is 5.02 Å². The number of benzene rings is 2. The molecule has 1 N–H and O–H groups in total. The van der Waals surface area contributed by atoms with Gasteiger partial charge in [-0.25, -0.2) is 0 Å². The Balaban J connectivity index is 2.28. The molecule has 2 aromatic carbocycles. The molecule has 0 saturated carbocycles. The summed E-state index contributed by atoms with van der Waals surface area (Å²) in [5, 5.41) is 3.25. The van der Waals surface area contributed by atoms with Gasteiger partial charge in [0.2, 0.25) is 11.8 Å². The Kier molecular flexibility index (Phi) is 6.27. The molecule has 2 aromatic rings. The van der Waals surface area contributed by atoms with Crippen molar-refractivity contribution in [3.05, 3.63) is 52.0 Å². The van der Waals surface area contributed by atoms with Crippen LogP contribution in [0.25, 0.3) is 0 Å². The highest BCUT2D eigenvalue weighted by Crippen LogP contribution is 2.31. The SMILES string of the molecule is COc1ccc(C)cc1NC(=O)CN(C(C)=O)c1c(C)cc(C)cc1Cl. The van der Waals surface area contributed by atoms with E-state index in [0.29, 0.717) is 22.1 Å². The average molecular weight is 375 g/mol. The van der Waals surface area contributed by atoms with Gasteiger partial charge >= 0.3 is 0 Å². The Morgan fingerprint density at radius 2 is 1.81 bits per heavy atom. The zero-order valence-electron chi connectivity index (χ0n) is 15.6. The van der Waals surface area contributed by atoms with Crippen molar-refractivity contribution in [2.45, 2.75) is 27.7 Å². The number of carbonyl (C=O) groups excluding carboxylic acids is 2. The van der Waals surface area contributed by atoms with Gasteiger partial charge < -0.3 is 15.0 Å². The van der Waals surface area contributed by atoms with E-state index in [1.165, 1.54) is 18.9 Å². The van der Waals surface area contributed by atoms with E-state index in [0.717, 1.165) is 16.7 Å². The van der Waals surface area contributed by atoms with Crippen molar-refractivity contribution in [1.82, 2.24) is 0 Å². The first-order valence-electron chi connectivity index (χ1n) is 8.22. The van der Waals surface area contributed by atoms with Crippen LogP contribution in [-0.4, -0.2) is 25.5 Å². The lowest BCUT2D eigenvalue weighted by Crippen LogP contribution is -2.37. The highest BCUT2D eigenvalue weighted by Gasteiger charge is 2.21. The Morgan fingerprint density at radius 3 is 2.38 bits per heavy atom. The molecule has 2 rings (SSSR count). The highest BCUT2D eigenvalue weighted by molar-refractivity contribution is 6.34. The van der Waals surface area contributed by atoms with Crippen LogP contribution in [0.3, 0.4) is 0 Å². The van der Waals surface area contributed by atoms with Gasteiger partial charge in [-0.15, -0.1) is 0 Å². The molecule has 0 aromatic heterocycles. The van der Waals surface area contributed by atoms with Gasteiger partial charge in [0.15, 0.2) is 0 Å². The number of hydrogen-bond donors (Lipinski definition) is 1. The normalized spacial score (nSPS) is 10.4. The molecule has 0 heterocycles. The van der Waals surface area contributed by atoms with Crippen molar-refractivity contribution in [2.75, 3.05) is 23.9 Å². The van der Waals surface area contributed by atoms with Gasteiger partial charge in [-0.2, -0.15) is 0 Å². The zero-order chi connectivity index (χ0) is 19.4. The maximum Gasteiger partial charge on any atom is 0.244 e. The number of halogens is 1. The van der Waals surface area contributed by atoms with Crippen LogP contribution in [0.1, 0.15) is 23.6 Å². The number of hydrogen-bond acceptors (Lipinski definition) is 3. The van der Waals surface area contributed by atoms with E-state index >= 15 is 0 Å². The standard InChI is InChI=1S/C20H23ClN2O3/c1-12-6-7-18(26-5)17(10-12)22-19(25)11-23(15(4)24)20-14(3)8-13(2)9-16(20)21/h6-10H,11H2,1-5H3,(H,22,25). The van der Waals surface area contributed by atoms with E-state index in [2.05, 4.69) is 5.32 Å². The van der Waals surface area contributed by atoms with Gasteiger partial charge in [-0.1, -0.05) is 23.7 Å². The fourth-order valence-corrected chi connectivity index (χ4v) is 3.27. The van der Waals surface area contributed by atoms with Gasteiger partial charge in [0.05, 0.1) is 23.5 Å². The summed E-state index contributed by atoms with van der Waals surface area (Å²) in [4.78, 5) is 26.1.